The molecule has 2 aromatic heterocycles. The summed E-state index contributed by atoms with van der Waals surface area (Å²) in [6.45, 7) is 4.87. The van der Waals surface area contributed by atoms with E-state index in [-0.39, 0.29) is 29.6 Å². The molecular weight excluding hydrogens is 461 g/mol. The molecule has 1 saturated heterocycles. The number of carbonyl (C=O) groups is 2. The summed E-state index contributed by atoms with van der Waals surface area (Å²) >= 11 is 0. The maximum atomic E-state index is 13.6. The van der Waals surface area contributed by atoms with Gasteiger partial charge in [-0.1, -0.05) is 6.07 Å². The molecule has 0 radical (unpaired) electrons. The number of halogens is 3. The van der Waals surface area contributed by atoms with Crippen LogP contribution in [0.15, 0.2) is 55.0 Å². The predicted octanol–water partition coefficient (Wildman–Crippen LogP) is 2.97. The van der Waals surface area contributed by atoms with Crippen molar-refractivity contribution < 1.29 is 22.8 Å². The van der Waals surface area contributed by atoms with Gasteiger partial charge in [-0.3, -0.25) is 14.5 Å². The van der Waals surface area contributed by atoms with Crippen LogP contribution in [0.5, 0.6) is 0 Å². The van der Waals surface area contributed by atoms with Crippen molar-refractivity contribution >= 4 is 11.8 Å². The lowest BCUT2D eigenvalue weighted by atomic mass is 10.2. The molecule has 0 atom stereocenters. The van der Waals surface area contributed by atoms with Crippen molar-refractivity contribution in [2.45, 2.75) is 19.5 Å². The third-order valence-electron chi connectivity index (χ3n) is 5.86. The van der Waals surface area contributed by atoms with E-state index in [2.05, 4.69) is 10.4 Å². The minimum absolute atomic E-state index is 0.0514. The quantitative estimate of drug-likeness (QED) is 0.579. The summed E-state index contributed by atoms with van der Waals surface area (Å²) in [5, 5.41) is 7.08. The molecule has 1 aromatic carbocycles. The average molecular weight is 489 g/mol. The highest BCUT2D eigenvalue weighted by Crippen LogP contribution is 2.31. The van der Waals surface area contributed by atoms with Gasteiger partial charge >= 0.3 is 6.18 Å². The van der Waals surface area contributed by atoms with Gasteiger partial charge in [-0.2, -0.15) is 18.3 Å². The Morgan fingerprint density at radius 2 is 1.83 bits per heavy atom. The number of benzene rings is 1. The normalized spacial score (nSPS) is 15.1. The highest BCUT2D eigenvalue weighted by atomic mass is 19.4. The number of likely N-dealkylation sites (N-methyl/N-ethyl adjacent to an activating group) is 1. The molecule has 1 aliphatic heterocycles. The molecule has 8 nitrogen and oxygen atoms in total. The molecule has 3 heterocycles. The Balaban J connectivity index is 1.62. The molecule has 1 fully saturated rings. The summed E-state index contributed by atoms with van der Waals surface area (Å²) in [7, 11) is 0. The second kappa shape index (κ2) is 10.3. The van der Waals surface area contributed by atoms with Crippen LogP contribution in [0.2, 0.25) is 0 Å². The first-order valence-electron chi connectivity index (χ1n) is 11.4. The number of rotatable bonds is 6. The van der Waals surface area contributed by atoms with Crippen LogP contribution in [0.1, 0.15) is 29.3 Å². The monoisotopic (exact) mass is 488 g/mol. The smallest absolute Gasteiger partial charge is 0.355 e. The standard InChI is InChI=1S/C24H27F3N6O2/c1-2-28-21(34)17-30-9-6-12-32(14-13-30)23(35)20-16-29-33(22(20)31-10-3-4-11-31)19-8-5-7-18(15-19)24(25,26)27/h3-5,7-8,10-11,15-16H,2,6,9,12-14,17H2,1H3,(H,28,34). The zero-order valence-corrected chi connectivity index (χ0v) is 19.3. The van der Waals surface area contributed by atoms with Gasteiger partial charge in [-0.05, 0) is 43.7 Å². The number of nitrogens with one attached hydrogen (secondary N) is 1. The van der Waals surface area contributed by atoms with Crippen LogP contribution in [-0.2, 0) is 11.0 Å². The molecule has 4 rings (SSSR count). The molecule has 2 amide bonds. The van der Waals surface area contributed by atoms with Crippen molar-refractivity contribution in [2.24, 2.45) is 0 Å². The summed E-state index contributed by atoms with van der Waals surface area (Å²) in [5.74, 6) is 0.0547. The van der Waals surface area contributed by atoms with Crippen molar-refractivity contribution in [1.29, 1.82) is 0 Å². The van der Waals surface area contributed by atoms with Crippen molar-refractivity contribution in [2.75, 3.05) is 39.3 Å². The number of amides is 2. The molecule has 1 aliphatic rings. The highest BCUT2D eigenvalue weighted by Gasteiger charge is 2.31. The SMILES string of the molecule is CCNC(=O)CN1CCCN(C(=O)c2cnn(-c3cccc(C(F)(F)F)c3)c2-n2cccc2)CC1. The van der Waals surface area contributed by atoms with Gasteiger partial charge in [0.1, 0.15) is 5.56 Å². The number of nitrogens with zero attached hydrogens (tertiary/aromatic N) is 5. The number of hydrogen-bond acceptors (Lipinski definition) is 4. The van der Waals surface area contributed by atoms with E-state index in [1.807, 2.05) is 11.8 Å². The maximum Gasteiger partial charge on any atom is 0.416 e. The number of alkyl halides is 3. The van der Waals surface area contributed by atoms with Crippen molar-refractivity contribution in [3.8, 4) is 11.5 Å². The zero-order chi connectivity index (χ0) is 25.0. The van der Waals surface area contributed by atoms with E-state index >= 15 is 0 Å². The van der Waals surface area contributed by atoms with E-state index in [1.54, 1.807) is 34.0 Å². The Kier molecular flexibility index (Phi) is 7.25. The Morgan fingerprint density at radius 1 is 1.06 bits per heavy atom. The molecule has 0 unspecified atom stereocenters. The van der Waals surface area contributed by atoms with Crippen LogP contribution < -0.4 is 5.32 Å². The second-order valence-corrected chi connectivity index (χ2v) is 8.31. The molecule has 0 aliphatic carbocycles. The van der Waals surface area contributed by atoms with Gasteiger partial charge in [-0.15, -0.1) is 0 Å². The first-order chi connectivity index (χ1) is 16.8. The van der Waals surface area contributed by atoms with Crippen LogP contribution >= 0.6 is 0 Å². The maximum absolute atomic E-state index is 13.6. The lowest BCUT2D eigenvalue weighted by molar-refractivity contribution is -0.137. The van der Waals surface area contributed by atoms with E-state index in [0.29, 0.717) is 45.0 Å². The third kappa shape index (κ3) is 5.56. The van der Waals surface area contributed by atoms with E-state index in [4.69, 9.17) is 0 Å². The summed E-state index contributed by atoms with van der Waals surface area (Å²) in [4.78, 5) is 29.2. The predicted molar refractivity (Wildman–Crippen MR) is 124 cm³/mol. The Labute approximate surface area is 200 Å². The van der Waals surface area contributed by atoms with E-state index < -0.39 is 11.7 Å². The first-order valence-corrected chi connectivity index (χ1v) is 11.4. The summed E-state index contributed by atoms with van der Waals surface area (Å²) in [6.07, 6.45) is 1.03. The number of carbonyl (C=O) groups excluding carboxylic acids is 2. The van der Waals surface area contributed by atoms with E-state index in [9.17, 15) is 22.8 Å². The molecule has 35 heavy (non-hydrogen) atoms. The van der Waals surface area contributed by atoms with Gasteiger partial charge in [-0.25, -0.2) is 4.68 Å². The van der Waals surface area contributed by atoms with E-state index in [0.717, 1.165) is 12.1 Å². The van der Waals surface area contributed by atoms with Crippen LogP contribution in [-0.4, -0.2) is 75.2 Å². The average Bonchev–Trinajstić information content (AvgIpc) is 3.44. The van der Waals surface area contributed by atoms with Crippen molar-refractivity contribution in [3.05, 3.63) is 66.1 Å². The summed E-state index contributed by atoms with van der Waals surface area (Å²) < 4.78 is 42.9. The van der Waals surface area contributed by atoms with Gasteiger partial charge in [0.2, 0.25) is 5.91 Å². The molecule has 0 spiro atoms. The van der Waals surface area contributed by atoms with Crippen LogP contribution in [0.25, 0.3) is 11.5 Å². The molecule has 0 bridgehead atoms. The van der Waals surface area contributed by atoms with E-state index in [1.165, 1.54) is 23.0 Å². The van der Waals surface area contributed by atoms with Crippen molar-refractivity contribution in [1.82, 2.24) is 29.5 Å². The van der Waals surface area contributed by atoms with Crippen LogP contribution in [0.4, 0.5) is 13.2 Å². The van der Waals surface area contributed by atoms with Gasteiger partial charge in [0, 0.05) is 45.1 Å². The molecule has 11 heteroatoms. The van der Waals surface area contributed by atoms with Crippen LogP contribution in [0.3, 0.4) is 0 Å². The van der Waals surface area contributed by atoms with Gasteiger partial charge in [0.25, 0.3) is 5.91 Å². The minimum Gasteiger partial charge on any atom is -0.355 e. The summed E-state index contributed by atoms with van der Waals surface area (Å²) in [6, 6.07) is 8.39. The lowest BCUT2D eigenvalue weighted by Gasteiger charge is -2.22. The third-order valence-corrected chi connectivity index (χ3v) is 5.86. The summed E-state index contributed by atoms with van der Waals surface area (Å²) in [5.41, 5.74) is -0.307. The molecule has 186 valence electrons. The fraction of sp³-hybridized carbons (Fsp3) is 0.375. The largest absolute Gasteiger partial charge is 0.416 e. The van der Waals surface area contributed by atoms with Crippen LogP contribution in [0, 0.1) is 0 Å². The van der Waals surface area contributed by atoms with Crippen molar-refractivity contribution in [3.63, 3.8) is 0 Å². The lowest BCUT2D eigenvalue weighted by Crippen LogP contribution is -2.40. The second-order valence-electron chi connectivity index (χ2n) is 8.31. The van der Waals surface area contributed by atoms with Gasteiger partial charge in [0.15, 0.2) is 5.82 Å². The molecular formula is C24H27F3N6O2. The molecule has 1 N–H and O–H groups in total. The van der Waals surface area contributed by atoms with Gasteiger partial charge in [0.05, 0.1) is 24.0 Å². The first kappa shape index (κ1) is 24.5. The van der Waals surface area contributed by atoms with Gasteiger partial charge < -0.3 is 14.8 Å². The number of aromatic nitrogens is 3. The Bertz CT molecular complexity index is 1170. The molecule has 3 aromatic rings. The minimum atomic E-state index is -4.50. The topological polar surface area (TPSA) is 75.4 Å². The highest BCUT2D eigenvalue weighted by molar-refractivity contribution is 5.97. The zero-order valence-electron chi connectivity index (χ0n) is 19.3. The number of hydrogen-bond donors (Lipinski definition) is 1. The Morgan fingerprint density at radius 3 is 2.54 bits per heavy atom. The fourth-order valence-corrected chi connectivity index (χ4v) is 4.18. The Hall–Kier alpha value is -3.60. The fourth-order valence-electron chi connectivity index (χ4n) is 4.18. The molecule has 0 saturated carbocycles.